The Labute approximate surface area is 221 Å². The highest BCUT2D eigenvalue weighted by molar-refractivity contribution is 7.95. The van der Waals surface area contributed by atoms with Crippen LogP contribution in [-0.4, -0.2) is 41.2 Å². The molecule has 0 amide bonds. The molecule has 0 bridgehead atoms. The largest absolute Gasteiger partial charge is 0.497 e. The molecule has 2 heterocycles. The van der Waals surface area contributed by atoms with Crippen LogP contribution in [0.2, 0.25) is 5.02 Å². The molecule has 0 radical (unpaired) electrons. The molecular weight excluding hydrogens is 512 g/mol. The number of benzene rings is 3. The summed E-state index contributed by atoms with van der Waals surface area (Å²) < 4.78 is 44.5. The number of hydrogen-bond donors (Lipinski definition) is 1. The molecule has 192 valence electrons. The van der Waals surface area contributed by atoms with Crippen LogP contribution in [-0.2, 0) is 16.3 Å². The quantitative estimate of drug-likeness (QED) is 0.474. The number of nitrogens with two attached hydrogens (primary N) is 1. The molecular formula is C28H27ClN2O5S. The summed E-state index contributed by atoms with van der Waals surface area (Å²) in [6.07, 6.45) is 2.62. The van der Waals surface area contributed by atoms with Gasteiger partial charge in [0.2, 0.25) is 9.84 Å². The lowest BCUT2D eigenvalue weighted by Gasteiger charge is -2.39. The maximum Gasteiger partial charge on any atom is 0.207 e. The third-order valence-corrected chi connectivity index (χ3v) is 8.95. The number of methoxy groups -OCH3 is 3. The van der Waals surface area contributed by atoms with Gasteiger partial charge in [-0.15, -0.1) is 0 Å². The summed E-state index contributed by atoms with van der Waals surface area (Å²) >= 11 is 6.16. The van der Waals surface area contributed by atoms with Crippen molar-refractivity contribution in [2.24, 2.45) is 5.73 Å². The Kier molecular flexibility index (Phi) is 6.56. The molecule has 3 aromatic carbocycles. The SMILES string of the molecule is COc1ccc(C2C=C3c4cc(OC)c(OC)cc4CCN3C(N)=C2S(=O)(=O)c2cccc(Cl)c2)cc1. The van der Waals surface area contributed by atoms with Gasteiger partial charge in [0.05, 0.1) is 26.2 Å². The van der Waals surface area contributed by atoms with Gasteiger partial charge in [-0.2, -0.15) is 0 Å². The van der Waals surface area contributed by atoms with E-state index in [1.54, 1.807) is 33.5 Å². The van der Waals surface area contributed by atoms with Gasteiger partial charge in [0.25, 0.3) is 0 Å². The predicted octanol–water partition coefficient (Wildman–Crippen LogP) is 4.96. The van der Waals surface area contributed by atoms with Gasteiger partial charge in [0.15, 0.2) is 11.5 Å². The van der Waals surface area contributed by atoms with Crippen molar-refractivity contribution in [3.05, 3.63) is 99.2 Å². The summed E-state index contributed by atoms with van der Waals surface area (Å²) in [5.74, 6) is 1.46. The van der Waals surface area contributed by atoms with Crippen LogP contribution in [0.1, 0.15) is 22.6 Å². The van der Waals surface area contributed by atoms with Crippen molar-refractivity contribution in [3.8, 4) is 17.2 Å². The first kappa shape index (κ1) is 25.0. The zero-order valence-corrected chi connectivity index (χ0v) is 22.3. The average Bonchev–Trinajstić information content (AvgIpc) is 2.91. The molecule has 1 unspecified atom stereocenters. The summed E-state index contributed by atoms with van der Waals surface area (Å²) in [4.78, 5) is 2.08. The van der Waals surface area contributed by atoms with E-state index in [2.05, 4.69) is 0 Å². The second-order valence-electron chi connectivity index (χ2n) is 8.78. The van der Waals surface area contributed by atoms with E-state index < -0.39 is 15.8 Å². The highest BCUT2D eigenvalue weighted by atomic mass is 35.5. The van der Waals surface area contributed by atoms with Gasteiger partial charge in [-0.1, -0.05) is 29.8 Å². The summed E-state index contributed by atoms with van der Waals surface area (Å²) in [7, 11) is 0.787. The maximum atomic E-state index is 14.0. The lowest BCUT2D eigenvalue weighted by atomic mass is 9.88. The summed E-state index contributed by atoms with van der Waals surface area (Å²) in [5, 5.41) is 0.334. The van der Waals surface area contributed by atoms with Gasteiger partial charge in [-0.25, -0.2) is 8.42 Å². The van der Waals surface area contributed by atoms with Crippen LogP contribution in [0.15, 0.2) is 82.4 Å². The van der Waals surface area contributed by atoms with Crippen molar-refractivity contribution < 1.29 is 22.6 Å². The topological polar surface area (TPSA) is 91.1 Å². The first-order valence-electron chi connectivity index (χ1n) is 11.7. The molecule has 2 aliphatic heterocycles. The standard InChI is InChI=1S/C28H27ClN2O5S/c1-34-20-9-7-17(8-10-20)23-15-24-22-16-26(36-3)25(35-2)13-18(22)11-12-31(24)28(30)27(23)37(32,33)21-6-4-5-19(29)14-21/h4-10,13-16,23H,11-12,30H2,1-3H3. The molecule has 1 atom stereocenters. The van der Waals surface area contributed by atoms with Gasteiger partial charge in [-0.3, -0.25) is 0 Å². The second-order valence-corrected chi connectivity index (χ2v) is 11.1. The fraction of sp³-hybridized carbons (Fsp3) is 0.214. The Morgan fingerprint density at radius 3 is 2.30 bits per heavy atom. The summed E-state index contributed by atoms with van der Waals surface area (Å²) in [5.41, 5.74) is 10.3. The van der Waals surface area contributed by atoms with E-state index in [1.807, 2.05) is 47.4 Å². The molecule has 2 N–H and O–H groups in total. The van der Waals surface area contributed by atoms with Gasteiger partial charge >= 0.3 is 0 Å². The second kappa shape index (κ2) is 9.68. The molecule has 0 saturated carbocycles. The van der Waals surface area contributed by atoms with Gasteiger partial charge in [-0.05, 0) is 66.1 Å². The van der Waals surface area contributed by atoms with Crippen LogP contribution in [0.25, 0.3) is 5.70 Å². The number of sulfone groups is 1. The molecule has 0 spiro atoms. The van der Waals surface area contributed by atoms with Crippen molar-refractivity contribution in [1.29, 1.82) is 0 Å². The number of ether oxygens (including phenoxy) is 3. The number of fused-ring (bicyclic) bond motifs is 3. The van der Waals surface area contributed by atoms with Crippen molar-refractivity contribution >= 4 is 27.1 Å². The Balaban J connectivity index is 1.73. The summed E-state index contributed by atoms with van der Waals surface area (Å²) in [6.45, 7) is 0.518. The molecule has 0 fully saturated rings. The van der Waals surface area contributed by atoms with Gasteiger partial charge < -0.3 is 24.8 Å². The Bertz CT molecular complexity index is 1530. The fourth-order valence-corrected chi connectivity index (χ4v) is 6.92. The number of hydrogen-bond acceptors (Lipinski definition) is 7. The van der Waals surface area contributed by atoms with E-state index >= 15 is 0 Å². The first-order chi connectivity index (χ1) is 17.8. The first-order valence-corrected chi connectivity index (χ1v) is 13.5. The number of rotatable bonds is 6. The highest BCUT2D eigenvalue weighted by Gasteiger charge is 2.39. The van der Waals surface area contributed by atoms with Crippen molar-refractivity contribution in [1.82, 2.24) is 4.90 Å². The van der Waals surface area contributed by atoms with Crippen molar-refractivity contribution in [2.45, 2.75) is 17.2 Å². The van der Waals surface area contributed by atoms with Crippen molar-refractivity contribution in [2.75, 3.05) is 27.9 Å². The van der Waals surface area contributed by atoms with Gasteiger partial charge in [0, 0.05) is 28.7 Å². The maximum absolute atomic E-state index is 14.0. The smallest absolute Gasteiger partial charge is 0.207 e. The highest BCUT2D eigenvalue weighted by Crippen LogP contribution is 2.46. The minimum atomic E-state index is -3.99. The number of allylic oxidation sites excluding steroid dienone is 2. The zero-order valence-electron chi connectivity index (χ0n) is 20.7. The lowest BCUT2D eigenvalue weighted by Crippen LogP contribution is -2.38. The van der Waals surface area contributed by atoms with E-state index in [4.69, 9.17) is 31.5 Å². The summed E-state index contributed by atoms with van der Waals surface area (Å²) in [6, 6.07) is 17.5. The van der Waals surface area contributed by atoms with E-state index in [-0.39, 0.29) is 15.6 Å². The van der Waals surface area contributed by atoms with E-state index in [0.717, 1.165) is 22.4 Å². The molecule has 3 aromatic rings. The molecule has 0 saturated heterocycles. The molecule has 5 rings (SSSR count). The number of nitrogens with zero attached hydrogens (tertiary/aromatic N) is 1. The molecule has 37 heavy (non-hydrogen) atoms. The molecule has 0 aliphatic carbocycles. The van der Waals surface area contributed by atoms with Crippen LogP contribution in [0.3, 0.4) is 0 Å². The third-order valence-electron chi connectivity index (χ3n) is 6.80. The predicted molar refractivity (Wildman–Crippen MR) is 144 cm³/mol. The normalized spacial score (nSPS) is 17.0. The van der Waals surface area contributed by atoms with E-state index in [0.29, 0.717) is 35.2 Å². The van der Waals surface area contributed by atoms with Gasteiger partial charge in [0.1, 0.15) is 16.5 Å². The van der Waals surface area contributed by atoms with Crippen molar-refractivity contribution in [3.63, 3.8) is 0 Å². The minimum Gasteiger partial charge on any atom is -0.497 e. The van der Waals surface area contributed by atoms with Crippen LogP contribution < -0.4 is 19.9 Å². The molecule has 2 aliphatic rings. The monoisotopic (exact) mass is 538 g/mol. The third kappa shape index (κ3) is 4.30. The van der Waals surface area contributed by atoms with Crippen LogP contribution in [0.4, 0.5) is 0 Å². The number of halogens is 1. The Hall–Kier alpha value is -3.62. The van der Waals surface area contributed by atoms with E-state index in [9.17, 15) is 8.42 Å². The molecule has 7 nitrogen and oxygen atoms in total. The van der Waals surface area contributed by atoms with Crippen LogP contribution in [0.5, 0.6) is 17.2 Å². The van der Waals surface area contributed by atoms with Crippen LogP contribution >= 0.6 is 11.6 Å². The van der Waals surface area contributed by atoms with E-state index in [1.165, 1.54) is 12.1 Å². The zero-order chi connectivity index (χ0) is 26.3. The lowest BCUT2D eigenvalue weighted by molar-refractivity contribution is 0.353. The fourth-order valence-electron chi connectivity index (χ4n) is 4.95. The average molecular weight is 539 g/mol. The molecule has 0 aromatic heterocycles. The Morgan fingerprint density at radius 1 is 0.946 bits per heavy atom. The molecule has 9 heteroatoms. The van der Waals surface area contributed by atoms with Crippen LogP contribution in [0, 0.1) is 0 Å². The Morgan fingerprint density at radius 2 is 1.65 bits per heavy atom. The minimum absolute atomic E-state index is 0.0946.